The van der Waals surface area contributed by atoms with Crippen LogP contribution in [0.25, 0.3) is 0 Å². The van der Waals surface area contributed by atoms with Crippen molar-refractivity contribution in [3.8, 4) is 0 Å². The van der Waals surface area contributed by atoms with Crippen molar-refractivity contribution in [2.75, 3.05) is 7.11 Å². The van der Waals surface area contributed by atoms with Gasteiger partial charge >= 0.3 is 0 Å². The molecule has 1 unspecified atom stereocenters. The molecule has 1 atom stereocenters. The Morgan fingerprint density at radius 2 is 1.84 bits per heavy atom. The summed E-state index contributed by atoms with van der Waals surface area (Å²) >= 11 is 0. The van der Waals surface area contributed by atoms with Crippen molar-refractivity contribution in [2.45, 2.75) is 58.0 Å². The van der Waals surface area contributed by atoms with Crippen LogP contribution in [0.15, 0.2) is 30.3 Å². The van der Waals surface area contributed by atoms with Crippen LogP contribution in [0.5, 0.6) is 0 Å². The summed E-state index contributed by atoms with van der Waals surface area (Å²) in [5.41, 5.74) is 0.444. The Morgan fingerprint density at radius 1 is 1.16 bits per heavy atom. The van der Waals surface area contributed by atoms with Crippen LogP contribution in [0.2, 0.25) is 0 Å². The summed E-state index contributed by atoms with van der Waals surface area (Å²) in [6, 6.07) is 9.47. The first-order valence-electron chi connectivity index (χ1n) is 7.24. The molecule has 0 saturated heterocycles. The van der Waals surface area contributed by atoms with E-state index in [0.717, 1.165) is 18.4 Å². The van der Waals surface area contributed by atoms with Crippen LogP contribution in [-0.2, 0) is 4.74 Å². The SMILES string of the molecule is CCCCCCC(C)(CC(=O)c1ccccc1)OC. The average molecular weight is 262 g/mol. The van der Waals surface area contributed by atoms with Gasteiger partial charge < -0.3 is 4.74 Å². The van der Waals surface area contributed by atoms with Crippen LogP contribution in [-0.4, -0.2) is 18.5 Å². The molecule has 0 fully saturated rings. The molecule has 0 radical (unpaired) electrons. The van der Waals surface area contributed by atoms with E-state index in [9.17, 15) is 4.79 Å². The smallest absolute Gasteiger partial charge is 0.165 e. The lowest BCUT2D eigenvalue weighted by molar-refractivity contribution is -0.00598. The monoisotopic (exact) mass is 262 g/mol. The summed E-state index contributed by atoms with van der Waals surface area (Å²) in [6.07, 6.45) is 6.23. The summed E-state index contributed by atoms with van der Waals surface area (Å²) in [6.45, 7) is 4.24. The highest BCUT2D eigenvalue weighted by molar-refractivity contribution is 5.96. The maximum absolute atomic E-state index is 12.2. The highest BCUT2D eigenvalue weighted by atomic mass is 16.5. The molecule has 0 N–H and O–H groups in total. The molecule has 0 aromatic heterocycles. The molecule has 1 aromatic rings. The molecular weight excluding hydrogens is 236 g/mol. The molecule has 19 heavy (non-hydrogen) atoms. The number of carbonyl (C=O) groups is 1. The maximum atomic E-state index is 12.2. The fourth-order valence-electron chi connectivity index (χ4n) is 2.25. The van der Waals surface area contributed by atoms with Gasteiger partial charge in [0.25, 0.3) is 0 Å². The van der Waals surface area contributed by atoms with Crippen LogP contribution in [0.1, 0.15) is 62.7 Å². The van der Waals surface area contributed by atoms with Crippen LogP contribution < -0.4 is 0 Å². The molecule has 2 nitrogen and oxygen atoms in total. The van der Waals surface area contributed by atoms with Crippen molar-refractivity contribution in [3.63, 3.8) is 0 Å². The molecule has 0 heterocycles. The third-order valence-corrected chi connectivity index (χ3v) is 3.68. The Balaban J connectivity index is 2.52. The standard InChI is InChI=1S/C17H26O2/c1-4-5-6-10-13-17(2,19-3)14-16(18)15-11-8-7-9-12-15/h7-9,11-12H,4-6,10,13-14H2,1-3H3. The molecule has 2 heteroatoms. The number of ether oxygens (including phenoxy) is 1. The number of hydrogen-bond donors (Lipinski definition) is 0. The molecule has 0 saturated carbocycles. The number of unbranched alkanes of at least 4 members (excludes halogenated alkanes) is 3. The van der Waals surface area contributed by atoms with Gasteiger partial charge in [-0.15, -0.1) is 0 Å². The van der Waals surface area contributed by atoms with Gasteiger partial charge in [-0.1, -0.05) is 62.9 Å². The minimum atomic E-state index is -0.333. The molecule has 0 bridgehead atoms. The Hall–Kier alpha value is -1.15. The molecule has 1 rings (SSSR count). The first-order chi connectivity index (χ1) is 9.11. The third kappa shape index (κ3) is 5.56. The molecule has 0 aliphatic carbocycles. The van der Waals surface area contributed by atoms with Gasteiger partial charge in [0.2, 0.25) is 0 Å². The second kappa shape index (κ2) is 8.11. The highest BCUT2D eigenvalue weighted by Gasteiger charge is 2.27. The van der Waals surface area contributed by atoms with E-state index < -0.39 is 0 Å². The van der Waals surface area contributed by atoms with Crippen molar-refractivity contribution < 1.29 is 9.53 Å². The van der Waals surface area contributed by atoms with Crippen molar-refractivity contribution in [3.05, 3.63) is 35.9 Å². The fourth-order valence-corrected chi connectivity index (χ4v) is 2.25. The zero-order valence-corrected chi connectivity index (χ0v) is 12.4. The fraction of sp³-hybridized carbons (Fsp3) is 0.588. The van der Waals surface area contributed by atoms with Crippen LogP contribution in [0, 0.1) is 0 Å². The number of carbonyl (C=O) groups excluding carboxylic acids is 1. The van der Waals surface area contributed by atoms with Crippen molar-refractivity contribution in [1.29, 1.82) is 0 Å². The summed E-state index contributed by atoms with van der Waals surface area (Å²) in [7, 11) is 1.71. The lowest BCUT2D eigenvalue weighted by Crippen LogP contribution is -2.30. The number of hydrogen-bond acceptors (Lipinski definition) is 2. The molecule has 0 aliphatic heterocycles. The van der Waals surface area contributed by atoms with Gasteiger partial charge in [0.05, 0.1) is 5.60 Å². The van der Waals surface area contributed by atoms with Gasteiger partial charge in [-0.3, -0.25) is 4.79 Å². The van der Waals surface area contributed by atoms with Gasteiger partial charge in [0.1, 0.15) is 0 Å². The Bertz CT molecular complexity index is 372. The first kappa shape index (κ1) is 15.9. The molecule has 0 amide bonds. The quantitative estimate of drug-likeness (QED) is 0.479. The van der Waals surface area contributed by atoms with E-state index in [1.165, 1.54) is 19.3 Å². The summed E-state index contributed by atoms with van der Waals surface area (Å²) in [4.78, 5) is 12.2. The normalized spacial score (nSPS) is 14.1. The number of benzene rings is 1. The third-order valence-electron chi connectivity index (χ3n) is 3.68. The number of Topliss-reactive ketones (excluding diaryl/α,β-unsaturated/α-hetero) is 1. The van der Waals surface area contributed by atoms with Crippen LogP contribution >= 0.6 is 0 Å². The van der Waals surface area contributed by atoms with E-state index in [1.807, 2.05) is 37.3 Å². The number of rotatable bonds is 9. The predicted octanol–water partition coefficient (Wildman–Crippen LogP) is 4.63. The van der Waals surface area contributed by atoms with Crippen LogP contribution in [0.3, 0.4) is 0 Å². The minimum absolute atomic E-state index is 0.167. The maximum Gasteiger partial charge on any atom is 0.165 e. The molecule has 0 aliphatic rings. The van der Waals surface area contributed by atoms with Gasteiger partial charge in [0.15, 0.2) is 5.78 Å². The van der Waals surface area contributed by atoms with E-state index in [1.54, 1.807) is 7.11 Å². The lowest BCUT2D eigenvalue weighted by Gasteiger charge is -2.27. The summed E-state index contributed by atoms with van der Waals surface area (Å²) in [5, 5.41) is 0. The first-order valence-corrected chi connectivity index (χ1v) is 7.24. The van der Waals surface area contributed by atoms with E-state index in [2.05, 4.69) is 6.92 Å². The Morgan fingerprint density at radius 3 is 2.42 bits per heavy atom. The van der Waals surface area contributed by atoms with Crippen LogP contribution in [0.4, 0.5) is 0 Å². The van der Waals surface area contributed by atoms with Crippen molar-refractivity contribution in [1.82, 2.24) is 0 Å². The van der Waals surface area contributed by atoms with Crippen molar-refractivity contribution in [2.24, 2.45) is 0 Å². The van der Waals surface area contributed by atoms with Gasteiger partial charge in [-0.05, 0) is 13.3 Å². The number of methoxy groups -OCH3 is 1. The predicted molar refractivity (Wildman–Crippen MR) is 79.6 cm³/mol. The Labute approximate surface area is 117 Å². The molecular formula is C17H26O2. The minimum Gasteiger partial charge on any atom is -0.378 e. The zero-order chi connectivity index (χ0) is 14.1. The molecule has 106 valence electrons. The van der Waals surface area contributed by atoms with Gasteiger partial charge in [-0.2, -0.15) is 0 Å². The zero-order valence-electron chi connectivity index (χ0n) is 12.4. The van der Waals surface area contributed by atoms with Gasteiger partial charge in [-0.25, -0.2) is 0 Å². The second-order valence-corrected chi connectivity index (χ2v) is 5.43. The second-order valence-electron chi connectivity index (χ2n) is 5.43. The largest absolute Gasteiger partial charge is 0.378 e. The summed E-state index contributed by atoms with van der Waals surface area (Å²) < 4.78 is 5.59. The molecule has 0 spiro atoms. The van der Waals surface area contributed by atoms with E-state index >= 15 is 0 Å². The molecule has 1 aromatic carbocycles. The summed E-state index contributed by atoms with van der Waals surface area (Å²) in [5.74, 6) is 0.167. The average Bonchev–Trinajstić information content (AvgIpc) is 2.44. The Kier molecular flexibility index (Phi) is 6.79. The van der Waals surface area contributed by atoms with Gasteiger partial charge in [0, 0.05) is 19.1 Å². The van der Waals surface area contributed by atoms with E-state index in [4.69, 9.17) is 4.74 Å². The van der Waals surface area contributed by atoms with E-state index in [0.29, 0.717) is 6.42 Å². The van der Waals surface area contributed by atoms with Crippen molar-refractivity contribution >= 4 is 5.78 Å². The highest BCUT2D eigenvalue weighted by Crippen LogP contribution is 2.24. The van der Waals surface area contributed by atoms with E-state index in [-0.39, 0.29) is 11.4 Å². The topological polar surface area (TPSA) is 26.3 Å². The lowest BCUT2D eigenvalue weighted by atomic mass is 9.90. The number of ketones is 1.